The number of rotatable bonds is 5. The highest BCUT2D eigenvalue weighted by Gasteiger charge is 2.20. The van der Waals surface area contributed by atoms with Crippen molar-refractivity contribution in [1.29, 1.82) is 0 Å². The van der Waals surface area contributed by atoms with Gasteiger partial charge in [0.2, 0.25) is 10.0 Å². The zero-order valence-corrected chi connectivity index (χ0v) is 11.4. The summed E-state index contributed by atoms with van der Waals surface area (Å²) < 4.78 is 33.2. The fourth-order valence-electron chi connectivity index (χ4n) is 1.94. The summed E-state index contributed by atoms with van der Waals surface area (Å²) in [5.74, 6) is -1.18. The third-order valence-corrected chi connectivity index (χ3v) is 3.87. The Morgan fingerprint density at radius 1 is 1.50 bits per heavy atom. The van der Waals surface area contributed by atoms with Crippen molar-refractivity contribution in [3.05, 3.63) is 23.8 Å². The van der Waals surface area contributed by atoms with Crippen LogP contribution in [-0.2, 0) is 14.8 Å². The molecule has 0 saturated carbocycles. The van der Waals surface area contributed by atoms with E-state index >= 15 is 0 Å². The van der Waals surface area contributed by atoms with E-state index in [1.807, 2.05) is 0 Å². The van der Waals surface area contributed by atoms with Crippen molar-refractivity contribution in [2.75, 3.05) is 13.2 Å². The van der Waals surface area contributed by atoms with Crippen LogP contribution in [0.3, 0.4) is 0 Å². The molecule has 0 radical (unpaired) electrons. The van der Waals surface area contributed by atoms with Gasteiger partial charge in [-0.3, -0.25) is 0 Å². The van der Waals surface area contributed by atoms with E-state index in [-0.39, 0.29) is 28.9 Å². The summed E-state index contributed by atoms with van der Waals surface area (Å²) >= 11 is 0. The monoisotopic (exact) mass is 301 g/mol. The first-order valence-electron chi connectivity index (χ1n) is 6.02. The Morgan fingerprint density at radius 3 is 2.80 bits per heavy atom. The highest BCUT2D eigenvalue weighted by molar-refractivity contribution is 7.89. The number of sulfonamides is 1. The highest BCUT2D eigenvalue weighted by atomic mass is 32.2. The molecule has 1 heterocycles. The van der Waals surface area contributed by atoms with Gasteiger partial charge in [0, 0.05) is 6.61 Å². The quantitative estimate of drug-likeness (QED) is 0.822. The van der Waals surface area contributed by atoms with Gasteiger partial charge in [-0.1, -0.05) is 0 Å². The predicted octanol–water partition coefficient (Wildman–Crippen LogP) is 0.590. The van der Waals surface area contributed by atoms with Crippen LogP contribution in [0.5, 0.6) is 5.75 Å². The molecule has 3 N–H and O–H groups in total. The summed E-state index contributed by atoms with van der Waals surface area (Å²) in [6.07, 6.45) is 1.75. The van der Waals surface area contributed by atoms with Crippen molar-refractivity contribution >= 4 is 16.0 Å². The lowest BCUT2D eigenvalue weighted by Gasteiger charge is -2.13. The molecule has 0 bridgehead atoms. The molecule has 0 spiro atoms. The standard InChI is InChI=1S/C12H15NO6S/c13-20(16,17)9-3-4-11(10(6-9)12(14)15)19-7-8-2-1-5-18-8/h3-4,6,8H,1-2,5,7H2,(H,14,15)(H2,13,16,17). The minimum Gasteiger partial charge on any atom is -0.490 e. The maximum Gasteiger partial charge on any atom is 0.339 e. The second-order valence-electron chi connectivity index (χ2n) is 4.45. The number of nitrogens with two attached hydrogens (primary N) is 1. The minimum absolute atomic E-state index is 0.0606. The molecule has 1 aromatic rings. The summed E-state index contributed by atoms with van der Waals surface area (Å²) in [7, 11) is -3.95. The van der Waals surface area contributed by atoms with Crippen molar-refractivity contribution in [1.82, 2.24) is 0 Å². The van der Waals surface area contributed by atoms with Gasteiger partial charge in [0.05, 0.1) is 11.0 Å². The number of hydrogen-bond donors (Lipinski definition) is 2. The predicted molar refractivity (Wildman–Crippen MR) is 69.2 cm³/mol. The maximum absolute atomic E-state index is 11.2. The van der Waals surface area contributed by atoms with E-state index in [9.17, 15) is 13.2 Å². The van der Waals surface area contributed by atoms with E-state index in [0.717, 1.165) is 18.9 Å². The Balaban J connectivity index is 2.21. The molecule has 1 aliphatic rings. The summed E-state index contributed by atoms with van der Waals surface area (Å²) in [6.45, 7) is 0.902. The molecular formula is C12H15NO6S. The van der Waals surface area contributed by atoms with Gasteiger partial charge in [-0.05, 0) is 31.0 Å². The second-order valence-corrected chi connectivity index (χ2v) is 6.02. The average molecular weight is 301 g/mol. The second kappa shape index (κ2) is 5.78. The SMILES string of the molecule is NS(=O)(=O)c1ccc(OCC2CCCO2)c(C(=O)O)c1. The third-order valence-electron chi connectivity index (χ3n) is 2.96. The Bertz CT molecular complexity index is 606. The van der Waals surface area contributed by atoms with Crippen molar-refractivity contribution in [3.8, 4) is 5.75 Å². The van der Waals surface area contributed by atoms with Gasteiger partial charge in [0.15, 0.2) is 0 Å². The van der Waals surface area contributed by atoms with E-state index in [4.69, 9.17) is 19.7 Å². The number of ether oxygens (including phenoxy) is 2. The minimum atomic E-state index is -3.95. The summed E-state index contributed by atoms with van der Waals surface area (Å²) in [5.41, 5.74) is -0.241. The number of carboxylic acids is 1. The fraction of sp³-hybridized carbons (Fsp3) is 0.417. The van der Waals surface area contributed by atoms with Crippen LogP contribution in [-0.4, -0.2) is 38.8 Å². The van der Waals surface area contributed by atoms with Crippen molar-refractivity contribution < 1.29 is 27.8 Å². The third kappa shape index (κ3) is 3.47. The van der Waals surface area contributed by atoms with Crippen LogP contribution in [0.25, 0.3) is 0 Å². The summed E-state index contributed by atoms with van der Waals surface area (Å²) in [5, 5.41) is 14.1. The largest absolute Gasteiger partial charge is 0.490 e. The Hall–Kier alpha value is -1.64. The van der Waals surface area contributed by atoms with E-state index in [0.29, 0.717) is 6.61 Å². The van der Waals surface area contributed by atoms with Crippen molar-refractivity contribution in [2.45, 2.75) is 23.8 Å². The molecule has 1 aromatic carbocycles. The zero-order chi connectivity index (χ0) is 14.8. The smallest absolute Gasteiger partial charge is 0.339 e. The molecule has 2 rings (SSSR count). The first kappa shape index (κ1) is 14.8. The molecule has 1 saturated heterocycles. The van der Waals surface area contributed by atoms with E-state index in [1.165, 1.54) is 12.1 Å². The Kier molecular flexibility index (Phi) is 4.26. The molecule has 7 nitrogen and oxygen atoms in total. The van der Waals surface area contributed by atoms with Crippen LogP contribution in [0.2, 0.25) is 0 Å². The van der Waals surface area contributed by atoms with Gasteiger partial charge < -0.3 is 14.6 Å². The molecule has 1 fully saturated rings. The van der Waals surface area contributed by atoms with Gasteiger partial charge >= 0.3 is 5.97 Å². The first-order chi connectivity index (χ1) is 9.38. The number of benzene rings is 1. The lowest BCUT2D eigenvalue weighted by atomic mass is 10.2. The van der Waals surface area contributed by atoms with Crippen LogP contribution in [0.1, 0.15) is 23.2 Å². The molecule has 8 heteroatoms. The molecule has 0 aliphatic carbocycles. The normalized spacial score (nSPS) is 18.9. The maximum atomic E-state index is 11.2. The summed E-state index contributed by atoms with van der Waals surface area (Å²) in [6, 6.07) is 3.49. The number of aromatic carboxylic acids is 1. The molecule has 1 unspecified atom stereocenters. The van der Waals surface area contributed by atoms with Gasteiger partial charge in [-0.25, -0.2) is 18.4 Å². The van der Waals surface area contributed by atoms with Gasteiger partial charge in [0.25, 0.3) is 0 Å². The number of carboxylic acid groups (broad SMARTS) is 1. The molecular weight excluding hydrogens is 286 g/mol. The van der Waals surface area contributed by atoms with Crippen LogP contribution >= 0.6 is 0 Å². The zero-order valence-electron chi connectivity index (χ0n) is 10.6. The van der Waals surface area contributed by atoms with Crippen molar-refractivity contribution in [3.63, 3.8) is 0 Å². The number of primary sulfonamides is 1. The lowest BCUT2D eigenvalue weighted by molar-refractivity contribution is 0.0629. The lowest BCUT2D eigenvalue weighted by Crippen LogP contribution is -2.18. The van der Waals surface area contributed by atoms with Crippen LogP contribution in [0.15, 0.2) is 23.1 Å². The summed E-state index contributed by atoms with van der Waals surface area (Å²) in [4.78, 5) is 10.9. The molecule has 110 valence electrons. The van der Waals surface area contributed by atoms with Crippen LogP contribution in [0, 0.1) is 0 Å². The molecule has 20 heavy (non-hydrogen) atoms. The van der Waals surface area contributed by atoms with Gasteiger partial charge in [0.1, 0.15) is 17.9 Å². The van der Waals surface area contributed by atoms with E-state index in [2.05, 4.69) is 0 Å². The topological polar surface area (TPSA) is 116 Å². The van der Waals surface area contributed by atoms with E-state index < -0.39 is 16.0 Å². The Labute approximate surface area is 116 Å². The molecule has 0 amide bonds. The van der Waals surface area contributed by atoms with Gasteiger partial charge in [-0.15, -0.1) is 0 Å². The van der Waals surface area contributed by atoms with E-state index in [1.54, 1.807) is 0 Å². The van der Waals surface area contributed by atoms with Crippen molar-refractivity contribution in [2.24, 2.45) is 5.14 Å². The average Bonchev–Trinajstić information content (AvgIpc) is 2.88. The Morgan fingerprint density at radius 2 is 2.25 bits per heavy atom. The molecule has 1 atom stereocenters. The van der Waals surface area contributed by atoms with Crippen LogP contribution < -0.4 is 9.88 Å². The highest BCUT2D eigenvalue weighted by Crippen LogP contribution is 2.23. The first-order valence-corrected chi connectivity index (χ1v) is 7.57. The molecule has 0 aromatic heterocycles. The molecule has 1 aliphatic heterocycles. The van der Waals surface area contributed by atoms with Gasteiger partial charge in [-0.2, -0.15) is 0 Å². The number of carbonyl (C=O) groups is 1. The fourth-order valence-corrected chi connectivity index (χ4v) is 2.48. The van der Waals surface area contributed by atoms with Crippen LogP contribution in [0.4, 0.5) is 0 Å². The number of hydrogen-bond acceptors (Lipinski definition) is 5.